The number of carbonyl (C=O) groups excluding carboxylic acids is 2. The van der Waals surface area contributed by atoms with Gasteiger partial charge in [-0.3, -0.25) is 14.5 Å². The summed E-state index contributed by atoms with van der Waals surface area (Å²) in [7, 11) is 0. The molecule has 1 aromatic carbocycles. The zero-order chi connectivity index (χ0) is 17.3. The highest BCUT2D eigenvalue weighted by Crippen LogP contribution is 2.34. The van der Waals surface area contributed by atoms with Crippen molar-refractivity contribution in [3.8, 4) is 11.3 Å². The third kappa shape index (κ3) is 3.05. The molecule has 1 saturated heterocycles. The van der Waals surface area contributed by atoms with Crippen molar-refractivity contribution in [1.29, 1.82) is 0 Å². The molecule has 0 bridgehead atoms. The van der Waals surface area contributed by atoms with Gasteiger partial charge >= 0.3 is 0 Å². The summed E-state index contributed by atoms with van der Waals surface area (Å²) in [4.78, 5) is 25.7. The van der Waals surface area contributed by atoms with Gasteiger partial charge in [-0.1, -0.05) is 18.2 Å². The second-order valence-electron chi connectivity index (χ2n) is 5.24. The smallest absolute Gasteiger partial charge is 0.294 e. The van der Waals surface area contributed by atoms with E-state index in [1.54, 1.807) is 31.2 Å². The Morgan fingerprint density at radius 2 is 2.08 bits per heavy atom. The second kappa shape index (κ2) is 6.49. The molecule has 24 heavy (non-hydrogen) atoms. The number of amides is 2. The molecule has 2 aromatic rings. The average Bonchev–Trinajstić information content (AvgIpc) is 3.12. The van der Waals surface area contributed by atoms with Crippen LogP contribution in [0.4, 0.5) is 9.18 Å². The van der Waals surface area contributed by atoms with Crippen molar-refractivity contribution < 1.29 is 18.4 Å². The van der Waals surface area contributed by atoms with Gasteiger partial charge in [-0.15, -0.1) is 6.58 Å². The number of rotatable bonds is 4. The Balaban J connectivity index is 1.86. The minimum atomic E-state index is -0.374. The molecule has 1 aliphatic heterocycles. The molecule has 4 nitrogen and oxygen atoms in total. The third-order valence-corrected chi connectivity index (χ3v) is 4.46. The van der Waals surface area contributed by atoms with E-state index in [9.17, 15) is 14.0 Å². The number of nitrogens with zero attached hydrogens (tertiary/aromatic N) is 1. The molecule has 0 saturated carbocycles. The molecule has 2 heterocycles. The number of hydrogen-bond acceptors (Lipinski definition) is 4. The lowest BCUT2D eigenvalue weighted by molar-refractivity contribution is -0.123. The maximum absolute atomic E-state index is 13.3. The number of halogens is 1. The molecule has 2 amide bonds. The molecule has 1 aliphatic rings. The number of benzene rings is 1. The van der Waals surface area contributed by atoms with Crippen LogP contribution < -0.4 is 0 Å². The number of hydrogen-bond donors (Lipinski definition) is 0. The van der Waals surface area contributed by atoms with Crippen LogP contribution in [0.25, 0.3) is 17.4 Å². The highest BCUT2D eigenvalue weighted by atomic mass is 32.2. The molecule has 6 heteroatoms. The van der Waals surface area contributed by atoms with Crippen molar-refractivity contribution in [3.63, 3.8) is 0 Å². The largest absolute Gasteiger partial charge is 0.457 e. The van der Waals surface area contributed by atoms with Crippen LogP contribution in [-0.2, 0) is 4.79 Å². The fourth-order valence-electron chi connectivity index (χ4n) is 2.29. The average molecular weight is 343 g/mol. The highest BCUT2D eigenvalue weighted by molar-refractivity contribution is 8.18. The molecule has 1 atom stereocenters. The molecule has 0 spiro atoms. The van der Waals surface area contributed by atoms with E-state index in [0.29, 0.717) is 17.1 Å². The normalized spacial score (nSPS) is 17.6. The van der Waals surface area contributed by atoms with Crippen molar-refractivity contribution in [2.75, 3.05) is 0 Å². The Bertz CT molecular complexity index is 855. The zero-order valence-corrected chi connectivity index (χ0v) is 13.7. The van der Waals surface area contributed by atoms with Crippen LogP contribution in [0, 0.1) is 5.82 Å². The predicted octanol–water partition coefficient (Wildman–Crippen LogP) is 4.70. The van der Waals surface area contributed by atoms with Gasteiger partial charge in [-0.2, -0.15) is 0 Å². The van der Waals surface area contributed by atoms with Gasteiger partial charge in [-0.05, 0) is 43.0 Å². The topological polar surface area (TPSA) is 50.5 Å². The first-order valence-electron chi connectivity index (χ1n) is 7.25. The molecular weight excluding hydrogens is 329 g/mol. The molecule has 3 rings (SSSR count). The lowest BCUT2D eigenvalue weighted by Crippen LogP contribution is -2.35. The minimum Gasteiger partial charge on any atom is -0.457 e. The van der Waals surface area contributed by atoms with Crippen LogP contribution in [0.3, 0.4) is 0 Å². The summed E-state index contributed by atoms with van der Waals surface area (Å²) in [5, 5.41) is -0.337. The molecule has 1 aromatic heterocycles. The minimum absolute atomic E-state index is 0.286. The summed E-state index contributed by atoms with van der Waals surface area (Å²) >= 11 is 0.859. The summed E-state index contributed by atoms with van der Waals surface area (Å²) in [5.74, 6) is 0.177. The standard InChI is InChI=1S/C18H14FNO3S/c1-3-11(2)20-17(21)16(24-18(20)22)10-14-7-8-15(23-14)12-5-4-6-13(19)9-12/h3-11H,1H2,2H3/b16-10+/t11-/m1/s1. The van der Waals surface area contributed by atoms with Gasteiger partial charge in [0, 0.05) is 11.6 Å². The van der Waals surface area contributed by atoms with Gasteiger partial charge in [0.1, 0.15) is 17.3 Å². The van der Waals surface area contributed by atoms with Gasteiger partial charge in [0.15, 0.2) is 0 Å². The quantitative estimate of drug-likeness (QED) is 0.596. The molecule has 0 radical (unpaired) electrons. The molecular formula is C18H14FNO3S. The fourth-order valence-corrected chi connectivity index (χ4v) is 3.19. The van der Waals surface area contributed by atoms with E-state index in [1.807, 2.05) is 0 Å². The van der Waals surface area contributed by atoms with Crippen LogP contribution in [0.15, 0.2) is 58.4 Å². The van der Waals surface area contributed by atoms with Crippen molar-refractivity contribution in [2.45, 2.75) is 13.0 Å². The van der Waals surface area contributed by atoms with Gasteiger partial charge in [0.2, 0.25) is 0 Å². The number of thioether (sulfide) groups is 1. The van der Waals surface area contributed by atoms with Gasteiger partial charge < -0.3 is 4.42 Å². The summed E-state index contributed by atoms with van der Waals surface area (Å²) in [6, 6.07) is 9.03. The first-order chi connectivity index (χ1) is 11.5. The second-order valence-corrected chi connectivity index (χ2v) is 6.23. The Morgan fingerprint density at radius 1 is 1.29 bits per heavy atom. The lowest BCUT2D eigenvalue weighted by Gasteiger charge is -2.17. The van der Waals surface area contributed by atoms with Gasteiger partial charge in [-0.25, -0.2) is 4.39 Å². The monoisotopic (exact) mass is 343 g/mol. The SMILES string of the molecule is C=C[C@@H](C)N1C(=O)S/C(=C/c2ccc(-c3cccc(F)c3)o2)C1=O. The summed E-state index contributed by atoms with van der Waals surface area (Å²) in [6.45, 7) is 5.33. The van der Waals surface area contributed by atoms with E-state index in [-0.39, 0.29) is 27.9 Å². The van der Waals surface area contributed by atoms with E-state index in [2.05, 4.69) is 6.58 Å². The van der Waals surface area contributed by atoms with Crippen LogP contribution in [0.1, 0.15) is 12.7 Å². The van der Waals surface area contributed by atoms with Crippen molar-refractivity contribution in [2.24, 2.45) is 0 Å². The zero-order valence-electron chi connectivity index (χ0n) is 12.9. The Kier molecular flexibility index (Phi) is 4.40. The van der Waals surface area contributed by atoms with Crippen molar-refractivity contribution >= 4 is 29.0 Å². The first-order valence-corrected chi connectivity index (χ1v) is 8.06. The van der Waals surface area contributed by atoms with Crippen LogP contribution in [0.2, 0.25) is 0 Å². The van der Waals surface area contributed by atoms with E-state index >= 15 is 0 Å². The predicted molar refractivity (Wildman–Crippen MR) is 91.6 cm³/mol. The molecule has 0 aliphatic carbocycles. The van der Waals surface area contributed by atoms with Crippen LogP contribution in [-0.4, -0.2) is 22.1 Å². The van der Waals surface area contributed by atoms with E-state index in [1.165, 1.54) is 24.3 Å². The molecule has 0 N–H and O–H groups in total. The molecule has 122 valence electrons. The maximum atomic E-state index is 13.3. The Morgan fingerprint density at radius 3 is 2.79 bits per heavy atom. The molecule has 1 fully saturated rings. The summed E-state index contributed by atoms with van der Waals surface area (Å²) in [5.41, 5.74) is 0.600. The van der Waals surface area contributed by atoms with Crippen LogP contribution >= 0.6 is 11.8 Å². The van der Waals surface area contributed by atoms with E-state index in [0.717, 1.165) is 16.7 Å². The highest BCUT2D eigenvalue weighted by Gasteiger charge is 2.37. The summed E-state index contributed by atoms with van der Waals surface area (Å²) < 4.78 is 18.9. The van der Waals surface area contributed by atoms with Crippen LogP contribution in [0.5, 0.6) is 0 Å². The van der Waals surface area contributed by atoms with E-state index in [4.69, 9.17) is 4.42 Å². The first kappa shape index (κ1) is 16.3. The molecule has 0 unspecified atom stereocenters. The third-order valence-electron chi connectivity index (χ3n) is 3.58. The maximum Gasteiger partial charge on any atom is 0.294 e. The van der Waals surface area contributed by atoms with Crippen molar-refractivity contribution in [3.05, 3.63) is 65.5 Å². The van der Waals surface area contributed by atoms with E-state index < -0.39 is 0 Å². The Labute approximate surface area is 142 Å². The van der Waals surface area contributed by atoms with Gasteiger partial charge in [0.25, 0.3) is 11.1 Å². The Hall–Kier alpha value is -2.60. The fraction of sp³-hybridized carbons (Fsp3) is 0.111. The lowest BCUT2D eigenvalue weighted by atomic mass is 10.2. The number of imide groups is 1. The van der Waals surface area contributed by atoms with Gasteiger partial charge in [0.05, 0.1) is 10.9 Å². The summed E-state index contributed by atoms with van der Waals surface area (Å²) in [6.07, 6.45) is 3.05. The number of furan rings is 1. The van der Waals surface area contributed by atoms with Crippen molar-refractivity contribution in [1.82, 2.24) is 4.90 Å². The number of carbonyl (C=O) groups is 2.